The molecule has 1 heterocycles. The zero-order chi connectivity index (χ0) is 9.14. The van der Waals surface area contributed by atoms with Gasteiger partial charge in [-0.15, -0.1) is 0 Å². The molecule has 1 aromatic heterocycles. The quantitative estimate of drug-likeness (QED) is 0.707. The summed E-state index contributed by atoms with van der Waals surface area (Å²) >= 11 is 5.88. The highest BCUT2D eigenvalue weighted by atomic mass is 35.5. The summed E-state index contributed by atoms with van der Waals surface area (Å²) in [6.07, 6.45) is 1.78. The van der Waals surface area contributed by atoms with Crippen molar-refractivity contribution in [2.24, 2.45) is 0 Å². The summed E-state index contributed by atoms with van der Waals surface area (Å²) in [5, 5.41) is 0.695. The molecule has 3 heteroatoms. The van der Waals surface area contributed by atoms with Crippen LogP contribution in [0.25, 0.3) is 0 Å². The van der Waals surface area contributed by atoms with Gasteiger partial charge < -0.3 is 4.74 Å². The van der Waals surface area contributed by atoms with E-state index in [1.807, 2.05) is 20.8 Å². The third-order valence-corrected chi connectivity index (χ3v) is 1.85. The minimum atomic E-state index is 0.134. The van der Waals surface area contributed by atoms with Crippen molar-refractivity contribution in [2.45, 2.75) is 26.9 Å². The predicted molar refractivity (Wildman–Crippen MR) is 49.7 cm³/mol. The normalized spacial score (nSPS) is 10.4. The Morgan fingerprint density at radius 3 is 2.75 bits per heavy atom. The van der Waals surface area contributed by atoms with E-state index in [4.69, 9.17) is 16.3 Å². The zero-order valence-electron chi connectivity index (χ0n) is 7.47. The van der Waals surface area contributed by atoms with Crippen molar-refractivity contribution in [1.82, 2.24) is 4.98 Å². The fourth-order valence-corrected chi connectivity index (χ4v) is 0.974. The van der Waals surface area contributed by atoms with E-state index in [0.717, 1.165) is 5.56 Å². The van der Waals surface area contributed by atoms with Crippen molar-refractivity contribution in [1.29, 1.82) is 0 Å². The van der Waals surface area contributed by atoms with E-state index in [2.05, 4.69) is 4.98 Å². The molecule has 0 aliphatic heterocycles. The van der Waals surface area contributed by atoms with Gasteiger partial charge in [0.05, 0.1) is 11.1 Å². The standard InChI is InChI=1S/C9H12ClNO/c1-6(2)12-9-7(3)8(10)4-5-11-9/h4-6H,1-3H3. The van der Waals surface area contributed by atoms with Crippen LogP contribution in [0.1, 0.15) is 19.4 Å². The van der Waals surface area contributed by atoms with E-state index in [1.54, 1.807) is 12.3 Å². The molecule has 1 aromatic rings. The molecule has 0 N–H and O–H groups in total. The molecule has 0 unspecified atom stereocenters. The summed E-state index contributed by atoms with van der Waals surface area (Å²) in [5.74, 6) is 0.623. The Labute approximate surface area is 77.5 Å². The maximum absolute atomic E-state index is 5.88. The number of rotatable bonds is 2. The molecule has 12 heavy (non-hydrogen) atoms. The fraction of sp³-hybridized carbons (Fsp3) is 0.444. The Bertz CT molecular complexity index is 273. The number of hydrogen-bond acceptors (Lipinski definition) is 2. The van der Waals surface area contributed by atoms with Gasteiger partial charge in [0.2, 0.25) is 5.88 Å². The van der Waals surface area contributed by atoms with Gasteiger partial charge in [0, 0.05) is 11.8 Å². The molecule has 2 nitrogen and oxygen atoms in total. The number of hydrogen-bond donors (Lipinski definition) is 0. The second kappa shape index (κ2) is 3.76. The molecule has 66 valence electrons. The first-order chi connectivity index (χ1) is 5.61. The van der Waals surface area contributed by atoms with Gasteiger partial charge >= 0.3 is 0 Å². The van der Waals surface area contributed by atoms with Crippen LogP contribution in [0.4, 0.5) is 0 Å². The molecule has 0 saturated carbocycles. The Morgan fingerprint density at radius 1 is 1.50 bits per heavy atom. The van der Waals surface area contributed by atoms with Crippen LogP contribution >= 0.6 is 11.6 Å². The van der Waals surface area contributed by atoms with Crippen LogP contribution in [0.3, 0.4) is 0 Å². The maximum atomic E-state index is 5.88. The number of nitrogens with zero attached hydrogens (tertiary/aromatic N) is 1. The fourth-order valence-electron chi connectivity index (χ4n) is 0.836. The van der Waals surface area contributed by atoms with Crippen molar-refractivity contribution in [2.75, 3.05) is 0 Å². The average molecular weight is 186 g/mol. The molecule has 0 fully saturated rings. The summed E-state index contributed by atoms with van der Waals surface area (Å²) in [6, 6.07) is 1.75. The molecule has 0 radical (unpaired) electrons. The molecule has 0 atom stereocenters. The van der Waals surface area contributed by atoms with Gasteiger partial charge in [-0.2, -0.15) is 0 Å². The van der Waals surface area contributed by atoms with E-state index in [1.165, 1.54) is 0 Å². The molecular formula is C9H12ClNO. The molecule has 0 saturated heterocycles. The lowest BCUT2D eigenvalue weighted by molar-refractivity contribution is 0.231. The Hall–Kier alpha value is -0.760. The third kappa shape index (κ3) is 2.11. The van der Waals surface area contributed by atoms with E-state index in [9.17, 15) is 0 Å². The minimum absolute atomic E-state index is 0.134. The van der Waals surface area contributed by atoms with Crippen molar-refractivity contribution >= 4 is 11.6 Å². The number of ether oxygens (including phenoxy) is 1. The van der Waals surface area contributed by atoms with Crippen LogP contribution in [0.5, 0.6) is 5.88 Å². The largest absolute Gasteiger partial charge is 0.475 e. The summed E-state index contributed by atoms with van der Waals surface area (Å²) in [5.41, 5.74) is 0.896. The molecule has 0 amide bonds. The van der Waals surface area contributed by atoms with Gasteiger partial charge in [-0.3, -0.25) is 0 Å². The predicted octanol–water partition coefficient (Wildman–Crippen LogP) is 2.83. The summed E-state index contributed by atoms with van der Waals surface area (Å²) < 4.78 is 5.43. The topological polar surface area (TPSA) is 22.1 Å². The maximum Gasteiger partial charge on any atom is 0.217 e. The van der Waals surface area contributed by atoms with E-state index in [0.29, 0.717) is 10.9 Å². The average Bonchev–Trinajstić information content (AvgIpc) is 1.98. The van der Waals surface area contributed by atoms with Gasteiger partial charge in [0.25, 0.3) is 0 Å². The van der Waals surface area contributed by atoms with Crippen LogP contribution in [-0.2, 0) is 0 Å². The van der Waals surface area contributed by atoms with Crippen LogP contribution in [0.2, 0.25) is 5.02 Å². The number of pyridine rings is 1. The first-order valence-corrected chi connectivity index (χ1v) is 4.27. The Morgan fingerprint density at radius 2 is 2.17 bits per heavy atom. The highest BCUT2D eigenvalue weighted by Gasteiger charge is 2.05. The van der Waals surface area contributed by atoms with Gasteiger partial charge in [-0.05, 0) is 26.8 Å². The van der Waals surface area contributed by atoms with E-state index in [-0.39, 0.29) is 6.10 Å². The second-order valence-corrected chi connectivity index (χ2v) is 3.30. The summed E-state index contributed by atoms with van der Waals surface area (Å²) in [7, 11) is 0. The van der Waals surface area contributed by atoms with Gasteiger partial charge in [0.15, 0.2) is 0 Å². The van der Waals surface area contributed by atoms with Gasteiger partial charge in [0.1, 0.15) is 0 Å². The van der Waals surface area contributed by atoms with Crippen LogP contribution in [-0.4, -0.2) is 11.1 Å². The minimum Gasteiger partial charge on any atom is -0.475 e. The van der Waals surface area contributed by atoms with E-state index >= 15 is 0 Å². The van der Waals surface area contributed by atoms with Crippen molar-refractivity contribution in [3.05, 3.63) is 22.8 Å². The highest BCUT2D eigenvalue weighted by molar-refractivity contribution is 6.31. The molecule has 0 aliphatic carbocycles. The molecule has 0 bridgehead atoms. The highest BCUT2D eigenvalue weighted by Crippen LogP contribution is 2.22. The van der Waals surface area contributed by atoms with Crippen molar-refractivity contribution in [3.8, 4) is 5.88 Å². The zero-order valence-corrected chi connectivity index (χ0v) is 8.22. The second-order valence-electron chi connectivity index (χ2n) is 2.89. The summed E-state index contributed by atoms with van der Waals surface area (Å²) in [4.78, 5) is 4.07. The lowest BCUT2D eigenvalue weighted by Gasteiger charge is -2.10. The Kier molecular flexibility index (Phi) is 2.93. The molecular weight excluding hydrogens is 174 g/mol. The lowest BCUT2D eigenvalue weighted by atomic mass is 10.3. The Balaban J connectivity index is 2.92. The van der Waals surface area contributed by atoms with Crippen molar-refractivity contribution < 1.29 is 4.74 Å². The van der Waals surface area contributed by atoms with Crippen LogP contribution in [0, 0.1) is 6.92 Å². The lowest BCUT2D eigenvalue weighted by Crippen LogP contribution is -2.08. The SMILES string of the molecule is Cc1c(Cl)ccnc1OC(C)C. The van der Waals surface area contributed by atoms with Crippen LogP contribution < -0.4 is 4.74 Å². The summed E-state index contributed by atoms with van der Waals surface area (Å²) in [6.45, 7) is 5.82. The number of halogens is 1. The molecule has 1 rings (SSSR count). The smallest absolute Gasteiger partial charge is 0.217 e. The first-order valence-electron chi connectivity index (χ1n) is 3.89. The van der Waals surface area contributed by atoms with E-state index < -0.39 is 0 Å². The number of aromatic nitrogens is 1. The molecule has 0 aliphatic rings. The first kappa shape index (κ1) is 9.33. The van der Waals surface area contributed by atoms with Crippen molar-refractivity contribution in [3.63, 3.8) is 0 Å². The van der Waals surface area contributed by atoms with Crippen LogP contribution in [0.15, 0.2) is 12.3 Å². The molecule has 0 spiro atoms. The monoisotopic (exact) mass is 185 g/mol. The molecule has 0 aromatic carbocycles. The third-order valence-electron chi connectivity index (χ3n) is 1.44. The van der Waals surface area contributed by atoms with Gasteiger partial charge in [-0.25, -0.2) is 4.98 Å². The van der Waals surface area contributed by atoms with Gasteiger partial charge in [-0.1, -0.05) is 11.6 Å².